The second kappa shape index (κ2) is 5.65. The van der Waals surface area contributed by atoms with Gasteiger partial charge in [0.05, 0.1) is 12.3 Å². The van der Waals surface area contributed by atoms with Gasteiger partial charge in [0.25, 0.3) is 0 Å². The number of nitrogen functional groups attached to an aromatic ring is 1. The second-order valence-electron chi connectivity index (χ2n) is 3.82. The fraction of sp³-hybridized carbons (Fsp3) is 0.444. The normalized spacial score (nSPS) is 14.8. The molecule has 0 amide bonds. The zero-order chi connectivity index (χ0) is 13.1. The topological polar surface area (TPSA) is 95.4 Å². The Labute approximate surface area is 109 Å². The molecule has 18 heavy (non-hydrogen) atoms. The molecule has 2 rings (SSSR count). The van der Waals surface area contributed by atoms with Crippen molar-refractivity contribution in [1.29, 1.82) is 0 Å². The molecule has 2 heterocycles. The zero-order valence-corrected chi connectivity index (χ0v) is 11.5. The number of anilines is 1. The van der Waals surface area contributed by atoms with Crippen LogP contribution in [0.2, 0.25) is 0 Å². The summed E-state index contributed by atoms with van der Waals surface area (Å²) in [5, 5.41) is 4.10. The van der Waals surface area contributed by atoms with Gasteiger partial charge in [0, 0.05) is 12.0 Å². The highest BCUT2D eigenvalue weighted by Crippen LogP contribution is 2.26. The number of nitrogens with two attached hydrogens (primary N) is 1. The summed E-state index contributed by atoms with van der Waals surface area (Å²) < 4.78 is 17.6. The third-order valence-corrected chi connectivity index (χ3v) is 3.11. The first kappa shape index (κ1) is 13.3. The molecule has 0 aliphatic heterocycles. The molecule has 1 unspecified atom stereocenters. The number of ether oxygens (including phenoxy) is 1. The maximum Gasteiger partial charge on any atom is 0.224 e. The number of fused-ring (bicyclic) bond motifs is 1. The third-order valence-electron chi connectivity index (χ3n) is 2.39. The summed E-state index contributed by atoms with van der Waals surface area (Å²) in [6, 6.07) is 0. The minimum absolute atomic E-state index is 0.0731. The van der Waals surface area contributed by atoms with Crippen LogP contribution >= 0.6 is 18.4 Å². The number of aromatic nitrogens is 4. The average Bonchev–Trinajstić information content (AvgIpc) is 2.72. The van der Waals surface area contributed by atoms with Gasteiger partial charge in [0.2, 0.25) is 5.95 Å². The lowest BCUT2D eigenvalue weighted by atomic mass is 10.2. The van der Waals surface area contributed by atoms with E-state index in [2.05, 4.69) is 15.1 Å². The van der Waals surface area contributed by atoms with Gasteiger partial charge in [0.15, 0.2) is 12.8 Å². The number of hydrogen-bond acceptors (Lipinski definition) is 6. The molecule has 0 bridgehead atoms. The SMILES string of the molecule is C[C@H](Cc1cnn2c(N)ncnc12)OC[PH](=O)Cl. The van der Waals surface area contributed by atoms with Crippen molar-refractivity contribution in [2.24, 2.45) is 0 Å². The van der Waals surface area contributed by atoms with E-state index in [1.54, 1.807) is 6.20 Å². The minimum Gasteiger partial charge on any atom is -0.370 e. The van der Waals surface area contributed by atoms with Crippen LogP contribution in [0.4, 0.5) is 5.95 Å². The molecule has 7 nitrogen and oxygen atoms in total. The van der Waals surface area contributed by atoms with Crippen LogP contribution in [0.5, 0.6) is 0 Å². The van der Waals surface area contributed by atoms with E-state index in [-0.39, 0.29) is 18.4 Å². The van der Waals surface area contributed by atoms with Gasteiger partial charge in [-0.05, 0) is 6.92 Å². The van der Waals surface area contributed by atoms with Gasteiger partial charge in [-0.25, -0.2) is 9.97 Å². The van der Waals surface area contributed by atoms with Crippen molar-refractivity contribution in [3.8, 4) is 0 Å². The van der Waals surface area contributed by atoms with Crippen molar-refractivity contribution in [2.75, 3.05) is 12.1 Å². The van der Waals surface area contributed by atoms with Gasteiger partial charge in [-0.15, -0.1) is 0 Å². The summed E-state index contributed by atoms with van der Waals surface area (Å²) in [4.78, 5) is 7.96. The van der Waals surface area contributed by atoms with Crippen LogP contribution in [0.25, 0.3) is 5.65 Å². The van der Waals surface area contributed by atoms with Crippen LogP contribution in [-0.2, 0) is 15.7 Å². The van der Waals surface area contributed by atoms with Crippen LogP contribution in [-0.4, -0.2) is 32.0 Å². The summed E-state index contributed by atoms with van der Waals surface area (Å²) in [6.07, 6.45) is 3.60. The molecule has 0 aromatic carbocycles. The lowest BCUT2D eigenvalue weighted by Crippen LogP contribution is -2.11. The van der Waals surface area contributed by atoms with Crippen LogP contribution in [0.1, 0.15) is 12.5 Å². The quantitative estimate of drug-likeness (QED) is 0.834. The molecule has 0 radical (unpaired) electrons. The molecule has 0 spiro atoms. The Morgan fingerprint density at radius 1 is 1.61 bits per heavy atom. The smallest absolute Gasteiger partial charge is 0.224 e. The number of hydrogen-bond donors (Lipinski definition) is 1. The first-order valence-electron chi connectivity index (χ1n) is 5.31. The molecule has 0 aliphatic rings. The molecule has 9 heteroatoms. The Kier molecular flexibility index (Phi) is 4.16. The van der Waals surface area contributed by atoms with Gasteiger partial charge < -0.3 is 15.0 Å². The molecule has 2 atom stereocenters. The first-order chi connectivity index (χ1) is 8.58. The van der Waals surface area contributed by atoms with Gasteiger partial charge in [0.1, 0.15) is 12.7 Å². The summed E-state index contributed by atoms with van der Waals surface area (Å²) in [5.74, 6) is 0.283. The zero-order valence-electron chi connectivity index (χ0n) is 9.71. The van der Waals surface area contributed by atoms with Crippen molar-refractivity contribution in [1.82, 2.24) is 19.6 Å². The fourth-order valence-electron chi connectivity index (χ4n) is 1.60. The van der Waals surface area contributed by atoms with Crippen LogP contribution < -0.4 is 5.73 Å². The van der Waals surface area contributed by atoms with Crippen molar-refractivity contribution in [3.63, 3.8) is 0 Å². The summed E-state index contributed by atoms with van der Waals surface area (Å²) in [7, 11) is -2.12. The standard InChI is InChI=1S/C9H13ClN5O2P/c1-6(17-5-18(10)16)2-7-3-14-15-8(7)12-4-13-9(15)11/h3-4,6,18H,2,5H2,1H3,(H2,11,12,13)/t6-/m1/s1. The van der Waals surface area contributed by atoms with Crippen molar-refractivity contribution >= 4 is 30.0 Å². The fourth-order valence-corrected chi connectivity index (χ4v) is 2.20. The van der Waals surface area contributed by atoms with E-state index in [9.17, 15) is 4.57 Å². The highest BCUT2D eigenvalue weighted by atomic mass is 35.7. The molecule has 2 aromatic rings. The highest BCUT2D eigenvalue weighted by Gasteiger charge is 2.12. The Balaban J connectivity index is 2.12. The number of halogens is 1. The van der Waals surface area contributed by atoms with E-state index >= 15 is 0 Å². The van der Waals surface area contributed by atoms with E-state index in [0.29, 0.717) is 12.1 Å². The number of nitrogens with zero attached hydrogens (tertiary/aromatic N) is 4. The molecular formula is C9H13ClN5O2P. The summed E-state index contributed by atoms with van der Waals surface area (Å²) in [6.45, 7) is 1.87. The molecule has 2 N–H and O–H groups in total. The Morgan fingerprint density at radius 2 is 2.39 bits per heavy atom. The monoisotopic (exact) mass is 289 g/mol. The Morgan fingerprint density at radius 3 is 3.11 bits per heavy atom. The molecule has 0 fully saturated rings. The van der Waals surface area contributed by atoms with Crippen LogP contribution in [0, 0.1) is 0 Å². The molecular weight excluding hydrogens is 277 g/mol. The highest BCUT2D eigenvalue weighted by molar-refractivity contribution is 7.73. The largest absolute Gasteiger partial charge is 0.370 e. The predicted octanol–water partition coefficient (Wildman–Crippen LogP) is 1.33. The van der Waals surface area contributed by atoms with Crippen molar-refractivity contribution in [2.45, 2.75) is 19.4 Å². The number of rotatable bonds is 5. The van der Waals surface area contributed by atoms with Gasteiger partial charge >= 0.3 is 0 Å². The van der Waals surface area contributed by atoms with Crippen LogP contribution in [0.15, 0.2) is 12.5 Å². The van der Waals surface area contributed by atoms with Crippen molar-refractivity contribution < 1.29 is 9.30 Å². The van der Waals surface area contributed by atoms with E-state index < -0.39 is 7.15 Å². The molecule has 0 saturated carbocycles. The Hall–Kier alpha value is -1.17. The lowest BCUT2D eigenvalue weighted by Gasteiger charge is -2.10. The molecule has 98 valence electrons. The molecule has 0 saturated heterocycles. The second-order valence-corrected chi connectivity index (χ2v) is 6.08. The van der Waals surface area contributed by atoms with E-state index in [4.69, 9.17) is 21.7 Å². The Bertz CT molecular complexity index is 575. The summed E-state index contributed by atoms with van der Waals surface area (Å²) >= 11 is 5.39. The maximum atomic E-state index is 10.8. The lowest BCUT2D eigenvalue weighted by molar-refractivity contribution is 0.103. The maximum absolute atomic E-state index is 10.8. The van der Waals surface area contributed by atoms with Gasteiger partial charge in [-0.1, -0.05) is 11.2 Å². The van der Waals surface area contributed by atoms with Gasteiger partial charge in [-0.3, -0.25) is 0 Å². The minimum atomic E-state index is -2.12. The van der Waals surface area contributed by atoms with E-state index in [0.717, 1.165) is 5.56 Å². The average molecular weight is 290 g/mol. The van der Waals surface area contributed by atoms with Gasteiger partial charge in [-0.2, -0.15) is 9.61 Å². The summed E-state index contributed by atoms with van der Waals surface area (Å²) in [5.41, 5.74) is 7.21. The molecule has 0 aliphatic carbocycles. The third kappa shape index (κ3) is 2.98. The first-order valence-corrected chi connectivity index (χ1v) is 7.93. The van der Waals surface area contributed by atoms with Crippen LogP contribution in [0.3, 0.4) is 0 Å². The predicted molar refractivity (Wildman–Crippen MR) is 69.2 cm³/mol. The van der Waals surface area contributed by atoms with E-state index in [1.165, 1.54) is 10.8 Å². The van der Waals surface area contributed by atoms with Crippen molar-refractivity contribution in [3.05, 3.63) is 18.1 Å². The molecule has 2 aromatic heterocycles. The van der Waals surface area contributed by atoms with E-state index in [1.807, 2.05) is 6.92 Å².